The van der Waals surface area contributed by atoms with Crippen molar-refractivity contribution >= 4 is 41.5 Å². The van der Waals surface area contributed by atoms with Gasteiger partial charge in [-0.05, 0) is 26.0 Å². The van der Waals surface area contributed by atoms with Crippen LogP contribution in [0.2, 0.25) is 0 Å². The predicted octanol–water partition coefficient (Wildman–Crippen LogP) is 1.77. The Kier molecular flexibility index (Phi) is 8.47. The van der Waals surface area contributed by atoms with Gasteiger partial charge < -0.3 is 20.4 Å². The first kappa shape index (κ1) is 21.5. The van der Waals surface area contributed by atoms with E-state index in [-0.39, 0.29) is 29.9 Å². The number of piperazine rings is 1. The van der Waals surface area contributed by atoms with Gasteiger partial charge in [0.25, 0.3) is 0 Å². The first-order chi connectivity index (χ1) is 11.5. The second kappa shape index (κ2) is 9.84. The maximum absolute atomic E-state index is 11.9. The van der Waals surface area contributed by atoms with E-state index in [4.69, 9.17) is 0 Å². The number of carbonyl (C=O) groups is 1. The van der Waals surface area contributed by atoms with Gasteiger partial charge in [0.15, 0.2) is 5.96 Å². The molecule has 0 spiro atoms. The van der Waals surface area contributed by atoms with E-state index in [0.717, 1.165) is 32.1 Å². The van der Waals surface area contributed by atoms with Crippen molar-refractivity contribution in [3.8, 4) is 0 Å². The van der Waals surface area contributed by atoms with Gasteiger partial charge in [-0.25, -0.2) is 0 Å². The fourth-order valence-corrected chi connectivity index (χ4v) is 2.87. The minimum Gasteiger partial charge on any atom is -0.368 e. The Hall–Kier alpha value is -1.51. The number of halogens is 1. The van der Waals surface area contributed by atoms with Crippen molar-refractivity contribution in [3.63, 3.8) is 0 Å². The summed E-state index contributed by atoms with van der Waals surface area (Å²) in [5.74, 6) is 0.888. The lowest BCUT2D eigenvalue weighted by atomic mass is 9.92. The van der Waals surface area contributed by atoms with Crippen LogP contribution in [-0.4, -0.2) is 63.6 Å². The molecule has 1 aromatic carbocycles. The summed E-state index contributed by atoms with van der Waals surface area (Å²) in [5, 5.41) is 6.06. The smallest absolute Gasteiger partial charge is 0.227 e. The molecule has 2 N–H and O–H groups in total. The van der Waals surface area contributed by atoms with Crippen molar-refractivity contribution in [2.24, 2.45) is 10.4 Å². The van der Waals surface area contributed by atoms with Crippen LogP contribution in [0.4, 0.5) is 5.69 Å². The lowest BCUT2D eigenvalue weighted by molar-refractivity contribution is -0.128. The summed E-state index contributed by atoms with van der Waals surface area (Å²) in [6.07, 6.45) is 0. The summed E-state index contributed by atoms with van der Waals surface area (Å²) in [5.41, 5.74) is 0.789. The number of benzene rings is 1. The molecule has 6 nitrogen and oxygen atoms in total. The summed E-state index contributed by atoms with van der Waals surface area (Å²) in [7, 11) is 3.46. The van der Waals surface area contributed by atoms with Crippen LogP contribution in [0.3, 0.4) is 0 Å². The molecule has 7 heteroatoms. The molecule has 0 bridgehead atoms. The van der Waals surface area contributed by atoms with Gasteiger partial charge in [0, 0.05) is 52.5 Å². The van der Waals surface area contributed by atoms with Crippen LogP contribution >= 0.6 is 24.0 Å². The molecule has 1 fully saturated rings. The van der Waals surface area contributed by atoms with Crippen LogP contribution in [0.1, 0.15) is 13.8 Å². The number of hydrogen-bond donors (Lipinski definition) is 2. The number of hydrogen-bond acceptors (Lipinski definition) is 3. The maximum atomic E-state index is 11.9. The molecule has 0 unspecified atom stereocenters. The van der Waals surface area contributed by atoms with E-state index >= 15 is 0 Å². The van der Waals surface area contributed by atoms with Gasteiger partial charge in [-0.15, -0.1) is 24.0 Å². The van der Waals surface area contributed by atoms with Gasteiger partial charge >= 0.3 is 0 Å². The fourth-order valence-electron chi connectivity index (χ4n) is 2.87. The van der Waals surface area contributed by atoms with Crippen molar-refractivity contribution in [1.82, 2.24) is 15.5 Å². The van der Waals surface area contributed by atoms with Crippen LogP contribution in [-0.2, 0) is 4.79 Å². The quantitative estimate of drug-likeness (QED) is 0.410. The number of carbonyl (C=O) groups excluding carboxylic acids is 1. The molecule has 1 heterocycles. The SMILES string of the molecule is CN=C(NCC(C)(C)C(=O)NC)N1CCN(c2ccccc2)CC1.I. The Morgan fingerprint density at radius 1 is 1.16 bits per heavy atom. The van der Waals surface area contributed by atoms with Crippen LogP contribution < -0.4 is 15.5 Å². The van der Waals surface area contributed by atoms with E-state index < -0.39 is 5.41 Å². The van der Waals surface area contributed by atoms with E-state index in [2.05, 4.69) is 49.7 Å². The highest BCUT2D eigenvalue weighted by Crippen LogP contribution is 2.16. The number of anilines is 1. The molecule has 0 atom stereocenters. The molecule has 25 heavy (non-hydrogen) atoms. The molecule has 0 aliphatic carbocycles. The van der Waals surface area contributed by atoms with Crippen LogP contribution in [0, 0.1) is 5.41 Å². The molecule has 140 valence electrons. The zero-order valence-corrected chi connectivity index (χ0v) is 17.9. The van der Waals surface area contributed by atoms with Crippen molar-refractivity contribution in [1.29, 1.82) is 0 Å². The van der Waals surface area contributed by atoms with Crippen molar-refractivity contribution < 1.29 is 4.79 Å². The monoisotopic (exact) mass is 459 g/mol. The van der Waals surface area contributed by atoms with Crippen LogP contribution in [0.15, 0.2) is 35.3 Å². The zero-order chi connectivity index (χ0) is 17.6. The molecule has 2 rings (SSSR count). The molecule has 0 aromatic heterocycles. The minimum atomic E-state index is -0.476. The van der Waals surface area contributed by atoms with Crippen LogP contribution in [0.25, 0.3) is 0 Å². The van der Waals surface area contributed by atoms with Gasteiger partial charge in [0.1, 0.15) is 0 Å². The first-order valence-corrected chi connectivity index (χ1v) is 8.45. The van der Waals surface area contributed by atoms with Crippen LogP contribution in [0.5, 0.6) is 0 Å². The number of nitrogens with zero attached hydrogens (tertiary/aromatic N) is 3. The Labute approximate surface area is 168 Å². The number of aliphatic imine (C=N–C) groups is 1. The van der Waals surface area contributed by atoms with Gasteiger partial charge in [-0.2, -0.15) is 0 Å². The van der Waals surface area contributed by atoms with Crippen molar-refractivity contribution in [3.05, 3.63) is 30.3 Å². The summed E-state index contributed by atoms with van der Waals surface area (Å²) >= 11 is 0. The average Bonchev–Trinajstić information content (AvgIpc) is 2.62. The molecule has 1 saturated heterocycles. The zero-order valence-electron chi connectivity index (χ0n) is 15.6. The Morgan fingerprint density at radius 3 is 2.28 bits per heavy atom. The third-order valence-electron chi connectivity index (χ3n) is 4.44. The molecule has 1 aromatic rings. The summed E-state index contributed by atoms with van der Waals surface area (Å²) < 4.78 is 0. The third kappa shape index (κ3) is 5.76. The largest absolute Gasteiger partial charge is 0.368 e. The Bertz CT molecular complexity index is 568. The number of guanidine groups is 1. The summed E-state index contributed by atoms with van der Waals surface area (Å²) in [6, 6.07) is 10.5. The second-order valence-corrected chi connectivity index (χ2v) is 6.67. The molecule has 1 aliphatic heterocycles. The second-order valence-electron chi connectivity index (χ2n) is 6.67. The Balaban J connectivity index is 0.00000312. The highest BCUT2D eigenvalue weighted by molar-refractivity contribution is 14.0. The van der Waals surface area contributed by atoms with Crippen molar-refractivity contribution in [2.45, 2.75) is 13.8 Å². The number of rotatable bonds is 4. The van der Waals surface area contributed by atoms with Gasteiger partial charge in [-0.1, -0.05) is 18.2 Å². The highest BCUT2D eigenvalue weighted by Gasteiger charge is 2.28. The number of nitrogens with one attached hydrogen (secondary N) is 2. The van der Waals surface area contributed by atoms with E-state index in [1.807, 2.05) is 19.9 Å². The summed E-state index contributed by atoms with van der Waals surface area (Å²) in [4.78, 5) is 20.9. The molecule has 0 radical (unpaired) electrons. The summed E-state index contributed by atoms with van der Waals surface area (Å²) in [6.45, 7) is 8.16. The normalized spacial score (nSPS) is 15.4. The van der Waals surface area contributed by atoms with Gasteiger partial charge in [0.05, 0.1) is 5.41 Å². The molecular formula is C18H30IN5O. The lowest BCUT2D eigenvalue weighted by Gasteiger charge is -2.38. The van der Waals surface area contributed by atoms with E-state index in [1.165, 1.54) is 5.69 Å². The highest BCUT2D eigenvalue weighted by atomic mass is 127. The topological polar surface area (TPSA) is 60.0 Å². The van der Waals surface area contributed by atoms with E-state index in [0.29, 0.717) is 6.54 Å². The molecular weight excluding hydrogens is 429 g/mol. The predicted molar refractivity (Wildman–Crippen MR) is 115 cm³/mol. The van der Waals surface area contributed by atoms with Crippen molar-refractivity contribution in [2.75, 3.05) is 51.7 Å². The standard InChI is InChI=1S/C18H29N5O.HI/c1-18(2,16(24)19-3)14-21-17(20-4)23-12-10-22(11-13-23)15-8-6-5-7-9-15;/h5-9H,10-14H2,1-4H3,(H,19,24)(H,20,21);1H. The maximum Gasteiger partial charge on any atom is 0.227 e. The van der Waals surface area contributed by atoms with E-state index in [9.17, 15) is 4.79 Å². The number of amides is 1. The first-order valence-electron chi connectivity index (χ1n) is 8.45. The molecule has 1 aliphatic rings. The minimum absolute atomic E-state index is 0. The van der Waals surface area contributed by atoms with Gasteiger partial charge in [0.2, 0.25) is 5.91 Å². The molecule has 1 amide bonds. The third-order valence-corrected chi connectivity index (χ3v) is 4.44. The molecule has 0 saturated carbocycles. The van der Waals surface area contributed by atoms with E-state index in [1.54, 1.807) is 14.1 Å². The fraction of sp³-hybridized carbons (Fsp3) is 0.556. The number of para-hydroxylation sites is 1. The lowest BCUT2D eigenvalue weighted by Crippen LogP contribution is -2.54. The Morgan fingerprint density at radius 2 is 1.76 bits per heavy atom. The average molecular weight is 459 g/mol. The van der Waals surface area contributed by atoms with Gasteiger partial charge in [-0.3, -0.25) is 9.79 Å².